The molecule has 1 unspecified atom stereocenters. The number of likely N-dealkylation sites (tertiary alicyclic amines) is 1. The van der Waals surface area contributed by atoms with Crippen LogP contribution in [0, 0.1) is 0 Å². The van der Waals surface area contributed by atoms with Gasteiger partial charge in [0.25, 0.3) is 0 Å². The zero-order chi connectivity index (χ0) is 24.3. The third-order valence-corrected chi connectivity index (χ3v) is 6.86. The summed E-state index contributed by atoms with van der Waals surface area (Å²) in [4.78, 5) is 38.0. The van der Waals surface area contributed by atoms with Gasteiger partial charge in [-0.25, -0.2) is 4.79 Å². The number of carbonyl (C=O) groups excluding carboxylic acids is 2. The highest BCUT2D eigenvalue weighted by Gasteiger charge is 2.32. The molecule has 2 aliphatic rings. The number of benzene rings is 2. The maximum absolute atomic E-state index is 12.7. The van der Waals surface area contributed by atoms with E-state index in [9.17, 15) is 14.4 Å². The van der Waals surface area contributed by atoms with E-state index in [0.717, 1.165) is 24.0 Å². The second-order valence-electron chi connectivity index (χ2n) is 9.82. The minimum absolute atomic E-state index is 0.0100. The monoisotopic (exact) mass is 464 g/mol. The first kappa shape index (κ1) is 23.8. The van der Waals surface area contributed by atoms with E-state index < -0.39 is 17.6 Å². The van der Waals surface area contributed by atoms with E-state index >= 15 is 0 Å². The van der Waals surface area contributed by atoms with Gasteiger partial charge in [0.15, 0.2) is 0 Å². The lowest BCUT2D eigenvalue weighted by molar-refractivity contribution is -0.140. The van der Waals surface area contributed by atoms with Crippen LogP contribution in [0.3, 0.4) is 0 Å². The third-order valence-electron chi connectivity index (χ3n) is 6.86. The molecule has 2 aromatic carbocycles. The second kappa shape index (κ2) is 9.87. The first-order valence-corrected chi connectivity index (χ1v) is 11.9. The number of alkyl carbamates (subject to hydrolysis) is 1. The Hall–Kier alpha value is -3.35. The molecule has 1 saturated heterocycles. The Morgan fingerprint density at radius 1 is 1.06 bits per heavy atom. The lowest BCUT2D eigenvalue weighted by Crippen LogP contribution is -2.45. The number of nitrogens with one attached hydrogen (secondary N) is 1. The van der Waals surface area contributed by atoms with Gasteiger partial charge in [-0.2, -0.15) is 0 Å². The fraction of sp³-hybridized carbons (Fsp3) is 0.444. The molecule has 0 aromatic heterocycles. The number of ether oxygens (including phenoxy) is 1. The Kier molecular flexibility index (Phi) is 6.91. The highest BCUT2D eigenvalue weighted by molar-refractivity contribution is 5.79. The van der Waals surface area contributed by atoms with Crippen molar-refractivity contribution in [3.05, 3.63) is 59.7 Å². The van der Waals surface area contributed by atoms with Gasteiger partial charge in [-0.3, -0.25) is 9.59 Å². The van der Waals surface area contributed by atoms with Gasteiger partial charge in [0.05, 0.1) is 6.42 Å². The van der Waals surface area contributed by atoms with Gasteiger partial charge in [0, 0.05) is 30.5 Å². The van der Waals surface area contributed by atoms with Crippen molar-refractivity contribution >= 4 is 18.0 Å². The summed E-state index contributed by atoms with van der Waals surface area (Å²) >= 11 is 0. The molecular formula is C27H32N2O5. The van der Waals surface area contributed by atoms with Gasteiger partial charge in [-0.15, -0.1) is 0 Å². The molecule has 1 fully saturated rings. The molecule has 34 heavy (non-hydrogen) atoms. The van der Waals surface area contributed by atoms with Gasteiger partial charge >= 0.3 is 12.1 Å². The average molecular weight is 465 g/mol. The number of hydrogen-bond acceptors (Lipinski definition) is 4. The number of carboxylic acid groups (broad SMARTS) is 1. The van der Waals surface area contributed by atoms with Crippen molar-refractivity contribution in [3.8, 4) is 11.1 Å². The number of nitrogens with zero attached hydrogens (tertiary/aromatic N) is 1. The van der Waals surface area contributed by atoms with E-state index in [1.807, 2.05) is 38.1 Å². The zero-order valence-corrected chi connectivity index (χ0v) is 19.8. The molecule has 2 amide bonds. The molecule has 0 spiro atoms. The maximum Gasteiger partial charge on any atom is 0.407 e. The fourth-order valence-electron chi connectivity index (χ4n) is 5.11. The van der Waals surface area contributed by atoms with Crippen molar-refractivity contribution in [1.29, 1.82) is 0 Å². The van der Waals surface area contributed by atoms with E-state index in [-0.39, 0.29) is 37.3 Å². The van der Waals surface area contributed by atoms with Crippen LogP contribution >= 0.6 is 0 Å². The number of aliphatic carboxylic acids is 1. The molecule has 1 heterocycles. The van der Waals surface area contributed by atoms with E-state index in [4.69, 9.17) is 9.84 Å². The lowest BCUT2D eigenvalue weighted by Gasteiger charge is -2.28. The SMILES string of the molecule is CC(C)(CCC(=O)N1CCCC1CC(=O)O)NC(=O)OCC1c2ccccc2-c2ccccc21. The van der Waals surface area contributed by atoms with Crippen LogP contribution < -0.4 is 5.32 Å². The number of carbonyl (C=O) groups is 3. The van der Waals surface area contributed by atoms with Crippen LogP contribution in [0.4, 0.5) is 4.79 Å². The molecule has 180 valence electrons. The number of hydrogen-bond donors (Lipinski definition) is 2. The van der Waals surface area contributed by atoms with E-state index in [0.29, 0.717) is 13.0 Å². The number of fused-ring (bicyclic) bond motifs is 3. The molecule has 0 bridgehead atoms. The van der Waals surface area contributed by atoms with Crippen LogP contribution in [0.2, 0.25) is 0 Å². The summed E-state index contributed by atoms with van der Waals surface area (Å²) in [5.74, 6) is -0.961. The molecule has 1 atom stereocenters. The summed E-state index contributed by atoms with van der Waals surface area (Å²) in [5.41, 5.74) is 4.02. The molecule has 1 aliphatic carbocycles. The van der Waals surface area contributed by atoms with Crippen molar-refractivity contribution in [1.82, 2.24) is 10.2 Å². The fourth-order valence-corrected chi connectivity index (χ4v) is 5.11. The van der Waals surface area contributed by atoms with E-state index in [1.54, 1.807) is 4.90 Å². The van der Waals surface area contributed by atoms with Gasteiger partial charge in [0.2, 0.25) is 5.91 Å². The first-order valence-electron chi connectivity index (χ1n) is 11.9. The Balaban J connectivity index is 1.30. The van der Waals surface area contributed by atoms with E-state index in [2.05, 4.69) is 29.6 Å². The molecular weight excluding hydrogens is 432 g/mol. The molecule has 1 aliphatic heterocycles. The van der Waals surface area contributed by atoms with E-state index in [1.165, 1.54) is 11.1 Å². The molecule has 0 saturated carbocycles. The van der Waals surface area contributed by atoms with Crippen molar-refractivity contribution < 1.29 is 24.2 Å². The topological polar surface area (TPSA) is 95.9 Å². The second-order valence-corrected chi connectivity index (χ2v) is 9.82. The number of amides is 2. The highest BCUT2D eigenvalue weighted by atomic mass is 16.5. The van der Waals surface area contributed by atoms with Gasteiger partial charge in [-0.1, -0.05) is 48.5 Å². The van der Waals surface area contributed by atoms with Crippen LogP contribution in [0.15, 0.2) is 48.5 Å². The summed E-state index contributed by atoms with van der Waals surface area (Å²) in [6.45, 7) is 4.55. The zero-order valence-electron chi connectivity index (χ0n) is 19.8. The summed E-state index contributed by atoms with van der Waals surface area (Å²) in [5, 5.41) is 12.0. The Bertz CT molecular complexity index is 1030. The summed E-state index contributed by atoms with van der Waals surface area (Å²) in [6.07, 6.45) is 1.70. The Labute approximate surface area is 200 Å². The van der Waals surface area contributed by atoms with Gasteiger partial charge in [-0.05, 0) is 55.4 Å². The Morgan fingerprint density at radius 2 is 1.68 bits per heavy atom. The molecule has 7 nitrogen and oxygen atoms in total. The largest absolute Gasteiger partial charge is 0.481 e. The predicted octanol–water partition coefficient (Wildman–Crippen LogP) is 4.55. The molecule has 7 heteroatoms. The standard InChI is InChI=1S/C27H32N2O5/c1-27(2,14-13-24(30)29-15-7-8-18(29)16-25(31)32)28-26(33)34-17-23-21-11-5-3-9-19(21)20-10-4-6-12-22(20)23/h3-6,9-12,18,23H,7-8,13-17H2,1-2H3,(H,28,33)(H,31,32). The highest BCUT2D eigenvalue weighted by Crippen LogP contribution is 2.44. The normalized spacial score (nSPS) is 17.2. The molecule has 2 aromatic rings. The minimum Gasteiger partial charge on any atom is -0.481 e. The quantitative estimate of drug-likeness (QED) is 0.598. The van der Waals surface area contributed by atoms with Crippen LogP contribution in [-0.2, 0) is 14.3 Å². The van der Waals surface area contributed by atoms with Gasteiger partial charge in [0.1, 0.15) is 6.61 Å². The molecule has 4 rings (SSSR count). The summed E-state index contributed by atoms with van der Waals surface area (Å²) in [7, 11) is 0. The predicted molar refractivity (Wildman–Crippen MR) is 129 cm³/mol. The first-order chi connectivity index (χ1) is 16.2. The van der Waals surface area contributed by atoms with Crippen LogP contribution in [0.5, 0.6) is 0 Å². The lowest BCUT2D eigenvalue weighted by atomic mass is 9.97. The van der Waals surface area contributed by atoms with Crippen molar-refractivity contribution in [2.24, 2.45) is 0 Å². The third kappa shape index (κ3) is 5.24. The summed E-state index contributed by atoms with van der Waals surface area (Å²) < 4.78 is 5.63. The Morgan fingerprint density at radius 3 is 2.29 bits per heavy atom. The minimum atomic E-state index is -0.887. The van der Waals surface area contributed by atoms with Crippen molar-refractivity contribution in [3.63, 3.8) is 0 Å². The van der Waals surface area contributed by atoms with Crippen molar-refractivity contribution in [2.45, 2.75) is 63.5 Å². The molecule has 2 N–H and O–H groups in total. The van der Waals surface area contributed by atoms with Crippen molar-refractivity contribution in [2.75, 3.05) is 13.2 Å². The van der Waals surface area contributed by atoms with Crippen LogP contribution in [-0.4, -0.2) is 52.7 Å². The number of rotatable bonds is 8. The van der Waals surface area contributed by atoms with Gasteiger partial charge < -0.3 is 20.1 Å². The summed E-state index contributed by atoms with van der Waals surface area (Å²) in [6, 6.07) is 16.1. The van der Waals surface area contributed by atoms with Crippen LogP contribution in [0.1, 0.15) is 63.0 Å². The number of carboxylic acids is 1. The average Bonchev–Trinajstić information content (AvgIpc) is 3.38. The van der Waals surface area contributed by atoms with Crippen LogP contribution in [0.25, 0.3) is 11.1 Å². The smallest absolute Gasteiger partial charge is 0.407 e. The maximum atomic E-state index is 12.7. The molecule has 0 radical (unpaired) electrons.